The highest BCUT2D eigenvalue weighted by molar-refractivity contribution is 7.81. The molecule has 0 saturated carbocycles. The lowest BCUT2D eigenvalue weighted by atomic mass is 10.7. The van der Waals surface area contributed by atoms with Crippen molar-refractivity contribution in [2.75, 3.05) is 14.2 Å². The molecule has 1 rings (SSSR count). The summed E-state index contributed by atoms with van der Waals surface area (Å²) in [5.41, 5.74) is 0. The topological polar surface area (TPSA) is 61.4 Å². The van der Waals surface area contributed by atoms with Gasteiger partial charge in [0, 0.05) is 0 Å². The van der Waals surface area contributed by atoms with E-state index in [1.54, 1.807) is 0 Å². The van der Waals surface area contributed by atoms with Crippen molar-refractivity contribution in [3.05, 3.63) is 18.7 Å². The van der Waals surface area contributed by atoms with Crippen molar-refractivity contribution in [1.29, 1.82) is 0 Å². The van der Waals surface area contributed by atoms with E-state index in [1.807, 2.05) is 17.8 Å². The summed E-state index contributed by atoms with van der Waals surface area (Å²) < 4.78 is 31.7. The standard InChI is InChI=1S/C6H11N2.C2H6O4S/c1-3-8-5-4-7(2)6-8;1-5-7(3,4)6-2/h4-6H,3H2,1-2H3;1-2H3/q+1;. The molecule has 0 amide bonds. The van der Waals surface area contributed by atoms with E-state index in [4.69, 9.17) is 0 Å². The molecule has 1 aromatic rings. The molecular formula is C8H17N2O4S+. The molecule has 0 N–H and O–H groups in total. The Labute approximate surface area is 90.4 Å². The van der Waals surface area contributed by atoms with Crippen LogP contribution in [0.5, 0.6) is 0 Å². The van der Waals surface area contributed by atoms with E-state index in [0.29, 0.717) is 0 Å². The molecule has 0 aliphatic heterocycles. The Bertz CT molecular complexity index is 362. The molecule has 7 heteroatoms. The first-order valence-electron chi connectivity index (χ1n) is 4.32. The number of nitrogens with zero attached hydrogens (tertiary/aromatic N) is 2. The van der Waals surface area contributed by atoms with Gasteiger partial charge in [-0.3, -0.25) is 8.37 Å². The maximum Gasteiger partial charge on any atom is 0.399 e. The third-order valence-electron chi connectivity index (χ3n) is 1.60. The normalized spacial score (nSPS) is 10.7. The number of aryl methyl sites for hydroxylation is 2. The van der Waals surface area contributed by atoms with Gasteiger partial charge in [0.1, 0.15) is 12.4 Å². The molecule has 0 unspecified atom stereocenters. The minimum absolute atomic E-state index is 1.03. The van der Waals surface area contributed by atoms with Gasteiger partial charge >= 0.3 is 10.4 Å². The van der Waals surface area contributed by atoms with Crippen LogP contribution >= 0.6 is 0 Å². The summed E-state index contributed by atoms with van der Waals surface area (Å²) in [5.74, 6) is 0. The predicted octanol–water partition coefficient (Wildman–Crippen LogP) is -0.144. The van der Waals surface area contributed by atoms with Crippen LogP contribution in [0.2, 0.25) is 0 Å². The van der Waals surface area contributed by atoms with Crippen molar-refractivity contribution in [1.82, 2.24) is 4.57 Å². The molecule has 6 nitrogen and oxygen atoms in total. The third kappa shape index (κ3) is 6.21. The minimum atomic E-state index is -3.66. The predicted molar refractivity (Wildman–Crippen MR) is 54.2 cm³/mol. The first kappa shape index (κ1) is 14.1. The zero-order valence-corrected chi connectivity index (χ0v) is 10.2. The van der Waals surface area contributed by atoms with Crippen LogP contribution in [0.3, 0.4) is 0 Å². The van der Waals surface area contributed by atoms with Gasteiger partial charge in [-0.2, -0.15) is 8.42 Å². The Morgan fingerprint density at radius 1 is 1.33 bits per heavy atom. The van der Waals surface area contributed by atoms with Crippen molar-refractivity contribution in [3.63, 3.8) is 0 Å². The van der Waals surface area contributed by atoms with Crippen molar-refractivity contribution in [2.24, 2.45) is 7.05 Å². The van der Waals surface area contributed by atoms with Gasteiger partial charge < -0.3 is 0 Å². The summed E-state index contributed by atoms with van der Waals surface area (Å²) >= 11 is 0. The fraction of sp³-hybridized carbons (Fsp3) is 0.625. The second-order valence-corrected chi connectivity index (χ2v) is 4.13. The van der Waals surface area contributed by atoms with Crippen LogP contribution in [0.1, 0.15) is 6.92 Å². The first-order valence-corrected chi connectivity index (χ1v) is 5.65. The summed E-state index contributed by atoms with van der Waals surface area (Å²) in [7, 11) is 0.416. The molecule has 0 fully saturated rings. The van der Waals surface area contributed by atoms with E-state index < -0.39 is 10.4 Å². The van der Waals surface area contributed by atoms with Crippen LogP contribution in [0.25, 0.3) is 0 Å². The van der Waals surface area contributed by atoms with Gasteiger partial charge in [-0.1, -0.05) is 0 Å². The van der Waals surface area contributed by atoms with Gasteiger partial charge in [0.2, 0.25) is 6.33 Å². The average molecular weight is 237 g/mol. The van der Waals surface area contributed by atoms with Crippen LogP contribution in [0, 0.1) is 0 Å². The molecule has 0 aliphatic rings. The summed E-state index contributed by atoms with van der Waals surface area (Å²) in [5, 5.41) is 0. The van der Waals surface area contributed by atoms with Crippen molar-refractivity contribution in [2.45, 2.75) is 13.5 Å². The second-order valence-electron chi connectivity index (χ2n) is 2.65. The lowest BCUT2D eigenvalue weighted by Gasteiger charge is -1.91. The van der Waals surface area contributed by atoms with Crippen LogP contribution < -0.4 is 4.57 Å². The maximum absolute atomic E-state index is 9.92. The van der Waals surface area contributed by atoms with Gasteiger partial charge in [-0.25, -0.2) is 9.13 Å². The molecule has 0 saturated heterocycles. The van der Waals surface area contributed by atoms with Crippen LogP contribution in [-0.2, 0) is 32.4 Å². The monoisotopic (exact) mass is 237 g/mol. The largest absolute Gasteiger partial charge is 0.399 e. The quantitative estimate of drug-likeness (QED) is 0.686. The summed E-state index contributed by atoms with van der Waals surface area (Å²) in [4.78, 5) is 0. The Kier molecular flexibility index (Phi) is 6.14. The van der Waals surface area contributed by atoms with E-state index in [-0.39, 0.29) is 0 Å². The minimum Gasteiger partial charge on any atom is -0.252 e. The Hall–Kier alpha value is -0.920. The Morgan fingerprint density at radius 2 is 1.87 bits per heavy atom. The van der Waals surface area contributed by atoms with Crippen LogP contribution in [0.4, 0.5) is 0 Å². The third-order valence-corrected chi connectivity index (χ3v) is 2.41. The van der Waals surface area contributed by atoms with E-state index in [1.165, 1.54) is 0 Å². The summed E-state index contributed by atoms with van der Waals surface area (Å²) in [6.45, 7) is 3.18. The molecule has 1 aromatic heterocycles. The first-order chi connectivity index (χ1) is 6.95. The zero-order chi connectivity index (χ0) is 11.9. The molecule has 0 atom stereocenters. The lowest BCUT2D eigenvalue weighted by molar-refractivity contribution is -0.671. The molecule has 88 valence electrons. The van der Waals surface area contributed by atoms with E-state index in [9.17, 15) is 8.42 Å². The van der Waals surface area contributed by atoms with Crippen molar-refractivity contribution in [3.8, 4) is 0 Å². The van der Waals surface area contributed by atoms with Gasteiger partial charge in [0.15, 0.2) is 0 Å². The maximum atomic E-state index is 9.92. The number of hydrogen-bond donors (Lipinski definition) is 0. The smallest absolute Gasteiger partial charge is 0.252 e. The van der Waals surface area contributed by atoms with Crippen LogP contribution in [-0.4, -0.2) is 27.2 Å². The van der Waals surface area contributed by atoms with Gasteiger partial charge in [0.05, 0.1) is 27.8 Å². The Balaban J connectivity index is 0.000000265. The highest BCUT2D eigenvalue weighted by atomic mass is 32.3. The fourth-order valence-corrected chi connectivity index (χ4v) is 0.893. The molecule has 0 radical (unpaired) electrons. The molecule has 0 aliphatic carbocycles. The molecule has 0 spiro atoms. The molecule has 15 heavy (non-hydrogen) atoms. The fourth-order valence-electron chi connectivity index (χ4n) is 0.757. The number of aromatic nitrogens is 2. The van der Waals surface area contributed by atoms with Crippen molar-refractivity contribution >= 4 is 10.4 Å². The summed E-state index contributed by atoms with van der Waals surface area (Å²) in [6.07, 6.45) is 6.14. The van der Waals surface area contributed by atoms with Gasteiger partial charge in [-0.15, -0.1) is 0 Å². The molecule has 1 heterocycles. The SMILES string of the molecule is CCn1cc[n+](C)c1.COS(=O)(=O)OC. The second kappa shape index (κ2) is 6.54. The average Bonchev–Trinajstić information content (AvgIpc) is 2.65. The van der Waals surface area contributed by atoms with E-state index in [0.717, 1.165) is 20.8 Å². The number of imidazole rings is 1. The molecular weight excluding hydrogens is 220 g/mol. The number of hydrogen-bond acceptors (Lipinski definition) is 4. The Morgan fingerprint density at radius 3 is 2.00 bits per heavy atom. The van der Waals surface area contributed by atoms with Gasteiger partial charge in [-0.05, 0) is 6.92 Å². The highest BCUT2D eigenvalue weighted by Gasteiger charge is 2.01. The van der Waals surface area contributed by atoms with Gasteiger partial charge in [0.25, 0.3) is 0 Å². The van der Waals surface area contributed by atoms with Crippen LogP contribution in [0.15, 0.2) is 18.7 Å². The lowest BCUT2D eigenvalue weighted by Crippen LogP contribution is -2.23. The van der Waals surface area contributed by atoms with E-state index >= 15 is 0 Å². The number of rotatable bonds is 3. The van der Waals surface area contributed by atoms with Crippen molar-refractivity contribution < 1.29 is 21.4 Å². The summed E-state index contributed by atoms with van der Waals surface area (Å²) in [6, 6.07) is 0. The molecule has 0 bridgehead atoms. The van der Waals surface area contributed by atoms with E-state index in [2.05, 4.69) is 32.4 Å². The zero-order valence-electron chi connectivity index (χ0n) is 9.37. The highest BCUT2D eigenvalue weighted by Crippen LogP contribution is 1.85. The molecule has 0 aromatic carbocycles.